The maximum absolute atomic E-state index is 13.0. The second-order valence-electron chi connectivity index (χ2n) is 6.97. The fraction of sp³-hybridized carbons (Fsp3) is 0.130. The molecule has 0 amide bonds. The molecule has 2 aromatic heterocycles. The number of aromatic nitrogens is 4. The number of nitrogens with one attached hydrogen (secondary N) is 1. The molecule has 8 nitrogen and oxygen atoms in total. The van der Waals surface area contributed by atoms with E-state index in [1.165, 1.54) is 13.3 Å². The Bertz CT molecular complexity index is 1320. The maximum atomic E-state index is 13.0. The Morgan fingerprint density at radius 1 is 1.06 bits per heavy atom. The van der Waals surface area contributed by atoms with Gasteiger partial charge in [-0.1, -0.05) is 41.9 Å². The van der Waals surface area contributed by atoms with Crippen LogP contribution in [0.1, 0.15) is 28.9 Å². The molecular formula is C23H20ClN5O3. The first-order chi connectivity index (χ1) is 15.5. The summed E-state index contributed by atoms with van der Waals surface area (Å²) >= 11 is 6.42. The summed E-state index contributed by atoms with van der Waals surface area (Å²) in [5, 5.41) is 11.8. The van der Waals surface area contributed by atoms with Crippen LogP contribution in [0.5, 0.6) is 0 Å². The van der Waals surface area contributed by atoms with Crippen molar-refractivity contribution in [1.82, 2.24) is 19.6 Å². The molecule has 4 aromatic rings. The lowest BCUT2D eigenvalue weighted by Crippen LogP contribution is -2.25. The molecule has 9 heteroatoms. The topological polar surface area (TPSA) is 91.0 Å². The van der Waals surface area contributed by atoms with Crippen LogP contribution in [0.25, 0.3) is 11.4 Å². The van der Waals surface area contributed by atoms with Crippen LogP contribution in [-0.2, 0) is 4.74 Å². The van der Waals surface area contributed by atoms with Crippen LogP contribution in [-0.4, -0.2) is 32.6 Å². The van der Waals surface area contributed by atoms with E-state index < -0.39 is 11.5 Å². The highest BCUT2D eigenvalue weighted by atomic mass is 35.5. The number of benzene rings is 2. The van der Waals surface area contributed by atoms with Crippen molar-refractivity contribution in [3.05, 3.63) is 99.7 Å². The molecule has 0 aliphatic carbocycles. The SMILES string of the molecule is COC(=O)c1ccccc1-n1ncc(NC(C)c2ccccc2-n2cccn2)c(Cl)c1=O. The Morgan fingerprint density at radius 3 is 2.50 bits per heavy atom. The molecule has 2 aromatic carbocycles. The van der Waals surface area contributed by atoms with Crippen molar-refractivity contribution in [2.75, 3.05) is 12.4 Å². The van der Waals surface area contributed by atoms with E-state index >= 15 is 0 Å². The van der Waals surface area contributed by atoms with Gasteiger partial charge in [0, 0.05) is 12.4 Å². The monoisotopic (exact) mass is 449 g/mol. The average molecular weight is 450 g/mol. The highest BCUT2D eigenvalue weighted by molar-refractivity contribution is 6.33. The molecule has 1 unspecified atom stereocenters. The largest absolute Gasteiger partial charge is 0.465 e. The molecule has 1 atom stereocenters. The fourth-order valence-electron chi connectivity index (χ4n) is 3.43. The number of ether oxygens (including phenoxy) is 1. The van der Waals surface area contributed by atoms with Crippen LogP contribution < -0.4 is 10.9 Å². The number of esters is 1. The lowest BCUT2D eigenvalue weighted by Gasteiger charge is -2.20. The van der Waals surface area contributed by atoms with Crippen LogP contribution >= 0.6 is 11.6 Å². The van der Waals surface area contributed by atoms with Crippen LogP contribution in [0.2, 0.25) is 5.02 Å². The number of para-hydroxylation sites is 2. The van der Waals surface area contributed by atoms with Crippen LogP contribution in [0.3, 0.4) is 0 Å². The molecular weight excluding hydrogens is 430 g/mol. The van der Waals surface area contributed by atoms with Crippen LogP contribution in [0.4, 0.5) is 5.69 Å². The van der Waals surface area contributed by atoms with Gasteiger partial charge in [0.1, 0.15) is 5.02 Å². The third-order valence-electron chi connectivity index (χ3n) is 4.98. The summed E-state index contributed by atoms with van der Waals surface area (Å²) < 4.78 is 7.66. The number of methoxy groups -OCH3 is 1. The lowest BCUT2D eigenvalue weighted by molar-refractivity contribution is 0.0600. The molecule has 0 spiro atoms. The first-order valence-corrected chi connectivity index (χ1v) is 10.2. The van der Waals surface area contributed by atoms with E-state index in [-0.39, 0.29) is 22.3 Å². The summed E-state index contributed by atoms with van der Waals surface area (Å²) in [5.74, 6) is -0.573. The maximum Gasteiger partial charge on any atom is 0.340 e. The smallest absolute Gasteiger partial charge is 0.340 e. The Morgan fingerprint density at radius 2 is 1.78 bits per heavy atom. The summed E-state index contributed by atoms with van der Waals surface area (Å²) in [7, 11) is 1.28. The number of halogens is 1. The van der Waals surface area contributed by atoms with Crippen LogP contribution in [0.15, 0.2) is 78.0 Å². The number of rotatable bonds is 6. The van der Waals surface area contributed by atoms with Gasteiger partial charge in [0.05, 0.1) is 42.0 Å². The predicted octanol–water partition coefficient (Wildman–Crippen LogP) is 4.03. The molecule has 32 heavy (non-hydrogen) atoms. The Labute approximate surface area is 189 Å². The van der Waals surface area contributed by atoms with Crippen molar-refractivity contribution >= 4 is 23.3 Å². The zero-order valence-corrected chi connectivity index (χ0v) is 18.2. The molecule has 162 valence electrons. The summed E-state index contributed by atoms with van der Waals surface area (Å²) in [4.78, 5) is 25.1. The number of hydrogen-bond acceptors (Lipinski definition) is 6. The minimum atomic E-state index is -0.573. The average Bonchev–Trinajstić information content (AvgIpc) is 3.36. The van der Waals surface area contributed by atoms with Crippen molar-refractivity contribution in [3.63, 3.8) is 0 Å². The molecule has 0 fully saturated rings. The highest BCUT2D eigenvalue weighted by Crippen LogP contribution is 2.27. The van der Waals surface area contributed by atoms with E-state index in [1.807, 2.05) is 43.5 Å². The third kappa shape index (κ3) is 4.00. The number of hydrogen-bond donors (Lipinski definition) is 1. The minimum absolute atomic E-state index is 0.0388. The van der Waals surface area contributed by atoms with Crippen molar-refractivity contribution < 1.29 is 9.53 Å². The normalized spacial score (nSPS) is 11.7. The van der Waals surface area contributed by atoms with Gasteiger partial charge in [-0.2, -0.15) is 14.9 Å². The summed E-state index contributed by atoms with van der Waals surface area (Å²) in [5.41, 5.74) is 2.19. The third-order valence-corrected chi connectivity index (χ3v) is 5.35. The lowest BCUT2D eigenvalue weighted by atomic mass is 10.1. The predicted molar refractivity (Wildman–Crippen MR) is 122 cm³/mol. The molecule has 1 N–H and O–H groups in total. The molecule has 0 aliphatic rings. The summed E-state index contributed by atoms with van der Waals surface area (Å²) in [6.07, 6.45) is 5.03. The van der Waals surface area contributed by atoms with Crippen molar-refractivity contribution in [2.45, 2.75) is 13.0 Å². The van der Waals surface area contributed by atoms with Gasteiger partial charge in [0.2, 0.25) is 0 Å². The fourth-order valence-corrected chi connectivity index (χ4v) is 3.61. The van der Waals surface area contributed by atoms with Crippen molar-refractivity contribution in [3.8, 4) is 11.4 Å². The summed E-state index contributed by atoms with van der Waals surface area (Å²) in [6, 6.07) is 16.0. The number of nitrogens with zero attached hydrogens (tertiary/aromatic N) is 4. The molecule has 0 aliphatic heterocycles. The van der Waals surface area contributed by atoms with Gasteiger partial charge in [-0.15, -0.1) is 0 Å². The van der Waals surface area contributed by atoms with Gasteiger partial charge < -0.3 is 10.1 Å². The highest BCUT2D eigenvalue weighted by Gasteiger charge is 2.19. The molecule has 0 radical (unpaired) electrons. The quantitative estimate of drug-likeness (QED) is 0.447. The molecule has 0 bridgehead atoms. The van der Waals surface area contributed by atoms with Gasteiger partial charge >= 0.3 is 5.97 Å². The van der Waals surface area contributed by atoms with E-state index in [9.17, 15) is 9.59 Å². The Balaban J connectivity index is 1.68. The van der Waals surface area contributed by atoms with Gasteiger partial charge in [0.15, 0.2) is 0 Å². The van der Waals surface area contributed by atoms with E-state index in [4.69, 9.17) is 16.3 Å². The van der Waals surface area contributed by atoms with Gasteiger partial charge in [-0.3, -0.25) is 4.79 Å². The zero-order chi connectivity index (χ0) is 22.7. The molecule has 4 rings (SSSR count). The zero-order valence-electron chi connectivity index (χ0n) is 17.4. The first kappa shape index (κ1) is 21.3. The summed E-state index contributed by atoms with van der Waals surface area (Å²) in [6.45, 7) is 1.96. The van der Waals surface area contributed by atoms with E-state index in [0.717, 1.165) is 15.9 Å². The van der Waals surface area contributed by atoms with Crippen molar-refractivity contribution in [2.24, 2.45) is 0 Å². The minimum Gasteiger partial charge on any atom is -0.465 e. The number of carbonyl (C=O) groups is 1. The van der Waals surface area contributed by atoms with Crippen molar-refractivity contribution in [1.29, 1.82) is 0 Å². The number of carbonyl (C=O) groups excluding carboxylic acids is 1. The van der Waals surface area contributed by atoms with Gasteiger partial charge in [0.25, 0.3) is 5.56 Å². The molecule has 0 saturated heterocycles. The Kier molecular flexibility index (Phi) is 6.04. The van der Waals surface area contributed by atoms with E-state index in [2.05, 4.69) is 15.5 Å². The molecule has 0 saturated carbocycles. The van der Waals surface area contributed by atoms with Crippen LogP contribution in [0, 0.1) is 0 Å². The molecule has 2 heterocycles. The second kappa shape index (κ2) is 9.07. The standard InChI is InChI=1S/C23H20ClN5O3/c1-15(16-8-3-5-10-19(16)28-13-7-12-25-28)27-18-14-26-29(22(30)21(18)24)20-11-6-4-9-17(20)23(31)32-2/h3-15,27H,1-2H3. The van der Waals surface area contributed by atoms with Gasteiger partial charge in [-0.05, 0) is 36.8 Å². The second-order valence-corrected chi connectivity index (χ2v) is 7.35. The van der Waals surface area contributed by atoms with E-state index in [1.54, 1.807) is 35.1 Å². The van der Waals surface area contributed by atoms with E-state index in [0.29, 0.717) is 5.69 Å². The first-order valence-electron chi connectivity index (χ1n) is 9.82. The number of anilines is 1. The van der Waals surface area contributed by atoms with Gasteiger partial charge in [-0.25, -0.2) is 9.48 Å². The Hall–Kier alpha value is -3.91.